The summed E-state index contributed by atoms with van der Waals surface area (Å²) in [4.78, 5) is 4.57. The van der Waals surface area contributed by atoms with E-state index in [1.54, 1.807) is 0 Å². The summed E-state index contributed by atoms with van der Waals surface area (Å²) in [5.74, 6) is 0.639. The minimum atomic E-state index is -0.617. The van der Waals surface area contributed by atoms with Crippen LogP contribution in [-0.2, 0) is 6.54 Å². The molecule has 0 unspecified atom stereocenters. The average Bonchev–Trinajstić information content (AvgIpc) is 2.89. The van der Waals surface area contributed by atoms with Crippen molar-refractivity contribution in [1.29, 1.82) is 0 Å². The zero-order valence-corrected chi connectivity index (χ0v) is 13.6. The van der Waals surface area contributed by atoms with Crippen molar-refractivity contribution in [2.24, 2.45) is 0 Å². The maximum absolute atomic E-state index is 10.3. The maximum Gasteiger partial charge on any atom is 0.139 e. The fourth-order valence-corrected chi connectivity index (χ4v) is 3.06. The lowest BCUT2D eigenvalue weighted by Gasteiger charge is -2.14. The van der Waals surface area contributed by atoms with Crippen LogP contribution in [0.3, 0.4) is 0 Å². The summed E-state index contributed by atoms with van der Waals surface area (Å²) in [6.07, 6.45) is -0.0202. The summed E-state index contributed by atoms with van der Waals surface area (Å²) in [6, 6.07) is 13.3. The molecule has 3 nitrogen and oxygen atoms in total. The molecule has 0 fully saturated rings. The molecule has 1 aromatic heterocycles. The Kier molecular flexibility index (Phi) is 4.39. The number of aliphatic hydroxyl groups is 1. The van der Waals surface area contributed by atoms with Crippen LogP contribution < -0.4 is 0 Å². The Morgan fingerprint density at radius 2 is 1.77 bits per heavy atom. The van der Waals surface area contributed by atoms with E-state index >= 15 is 0 Å². The van der Waals surface area contributed by atoms with Gasteiger partial charge in [0.15, 0.2) is 0 Å². The number of halogens is 2. The minimum absolute atomic E-state index is 0.478. The second-order valence-electron chi connectivity index (χ2n) is 5.17. The molecule has 0 saturated carbocycles. The molecule has 0 radical (unpaired) electrons. The van der Waals surface area contributed by atoms with Crippen molar-refractivity contribution in [3.05, 3.63) is 63.9 Å². The molecular formula is C17H16Cl2N2O. The van der Waals surface area contributed by atoms with E-state index < -0.39 is 6.10 Å². The normalized spacial score (nSPS) is 12.7. The third-order valence-corrected chi connectivity index (χ3v) is 4.45. The Bertz CT molecular complexity index is 793. The third kappa shape index (κ3) is 2.72. The van der Waals surface area contributed by atoms with Crippen molar-refractivity contribution in [3.63, 3.8) is 0 Å². The van der Waals surface area contributed by atoms with Gasteiger partial charge in [-0.25, -0.2) is 4.98 Å². The van der Waals surface area contributed by atoms with Crippen LogP contribution in [0.25, 0.3) is 11.0 Å². The Morgan fingerprint density at radius 3 is 2.45 bits per heavy atom. The second-order valence-corrected chi connectivity index (χ2v) is 5.98. The SMILES string of the molecule is CC[C@@H](O)c1nc2ccccc2n1Cc1c(Cl)cccc1Cl. The van der Waals surface area contributed by atoms with Crippen molar-refractivity contribution < 1.29 is 5.11 Å². The van der Waals surface area contributed by atoms with Gasteiger partial charge in [0, 0.05) is 15.6 Å². The van der Waals surface area contributed by atoms with E-state index in [2.05, 4.69) is 4.98 Å². The number of benzene rings is 2. The van der Waals surface area contributed by atoms with Gasteiger partial charge in [-0.3, -0.25) is 0 Å². The Morgan fingerprint density at radius 1 is 1.09 bits per heavy atom. The molecule has 5 heteroatoms. The fourth-order valence-electron chi connectivity index (χ4n) is 2.54. The number of imidazole rings is 1. The lowest BCUT2D eigenvalue weighted by molar-refractivity contribution is 0.160. The first-order valence-corrected chi connectivity index (χ1v) is 7.93. The van der Waals surface area contributed by atoms with E-state index in [4.69, 9.17) is 23.2 Å². The molecule has 0 aliphatic rings. The lowest BCUT2D eigenvalue weighted by atomic mass is 10.2. The first-order valence-electron chi connectivity index (χ1n) is 7.18. The van der Waals surface area contributed by atoms with Crippen molar-refractivity contribution in [3.8, 4) is 0 Å². The highest BCUT2D eigenvalue weighted by atomic mass is 35.5. The van der Waals surface area contributed by atoms with E-state index in [1.165, 1.54) is 0 Å². The van der Waals surface area contributed by atoms with Crippen LogP contribution >= 0.6 is 23.2 Å². The van der Waals surface area contributed by atoms with E-state index in [9.17, 15) is 5.11 Å². The number of para-hydroxylation sites is 2. The summed E-state index contributed by atoms with van der Waals surface area (Å²) in [7, 11) is 0. The highest BCUT2D eigenvalue weighted by Crippen LogP contribution is 2.29. The van der Waals surface area contributed by atoms with E-state index in [-0.39, 0.29) is 0 Å². The molecule has 0 amide bonds. The lowest BCUT2D eigenvalue weighted by Crippen LogP contribution is -2.10. The molecule has 0 aliphatic heterocycles. The van der Waals surface area contributed by atoms with Crippen LogP contribution in [0.5, 0.6) is 0 Å². The van der Waals surface area contributed by atoms with Gasteiger partial charge in [0.25, 0.3) is 0 Å². The predicted molar refractivity (Wildman–Crippen MR) is 90.5 cm³/mol. The maximum atomic E-state index is 10.3. The second kappa shape index (κ2) is 6.29. The van der Waals surface area contributed by atoms with Gasteiger partial charge in [-0.05, 0) is 30.7 Å². The number of hydrogen-bond acceptors (Lipinski definition) is 2. The zero-order valence-electron chi connectivity index (χ0n) is 12.1. The van der Waals surface area contributed by atoms with E-state index in [0.717, 1.165) is 16.6 Å². The van der Waals surface area contributed by atoms with Gasteiger partial charge in [0.05, 0.1) is 17.6 Å². The molecule has 22 heavy (non-hydrogen) atoms. The molecule has 0 bridgehead atoms. The number of fused-ring (bicyclic) bond motifs is 1. The van der Waals surface area contributed by atoms with Crippen LogP contribution in [0.4, 0.5) is 0 Å². The highest BCUT2D eigenvalue weighted by molar-refractivity contribution is 6.36. The molecule has 1 N–H and O–H groups in total. The number of aliphatic hydroxyl groups excluding tert-OH is 1. The van der Waals surface area contributed by atoms with E-state index in [1.807, 2.05) is 54.0 Å². The number of nitrogens with zero attached hydrogens (tertiary/aromatic N) is 2. The molecule has 0 saturated heterocycles. The minimum Gasteiger partial charge on any atom is -0.385 e. The van der Waals surface area contributed by atoms with Crippen LogP contribution in [0.2, 0.25) is 10.0 Å². The van der Waals surface area contributed by atoms with Crippen molar-refractivity contribution in [2.75, 3.05) is 0 Å². The zero-order chi connectivity index (χ0) is 15.7. The largest absolute Gasteiger partial charge is 0.385 e. The summed E-state index contributed by atoms with van der Waals surface area (Å²) in [5, 5.41) is 11.5. The molecule has 3 rings (SSSR count). The fraction of sp³-hybridized carbons (Fsp3) is 0.235. The summed E-state index contributed by atoms with van der Waals surface area (Å²) < 4.78 is 1.98. The average molecular weight is 335 g/mol. The van der Waals surface area contributed by atoms with Gasteiger partial charge in [-0.2, -0.15) is 0 Å². The number of aromatic nitrogens is 2. The molecule has 1 atom stereocenters. The highest BCUT2D eigenvalue weighted by Gasteiger charge is 2.18. The summed E-state index contributed by atoms with van der Waals surface area (Å²) in [5.41, 5.74) is 2.65. The number of hydrogen-bond donors (Lipinski definition) is 1. The molecule has 3 aromatic rings. The van der Waals surface area contributed by atoms with E-state index in [0.29, 0.717) is 28.8 Å². The van der Waals surface area contributed by atoms with Crippen molar-refractivity contribution in [1.82, 2.24) is 9.55 Å². The third-order valence-electron chi connectivity index (χ3n) is 3.75. The van der Waals surface area contributed by atoms with Gasteiger partial charge in [0.2, 0.25) is 0 Å². The van der Waals surface area contributed by atoms with Gasteiger partial charge in [0.1, 0.15) is 11.9 Å². The van der Waals surface area contributed by atoms with Crippen LogP contribution in [0.15, 0.2) is 42.5 Å². The first kappa shape index (κ1) is 15.3. The summed E-state index contributed by atoms with van der Waals surface area (Å²) in [6.45, 7) is 2.41. The van der Waals surface area contributed by atoms with Gasteiger partial charge in [-0.1, -0.05) is 48.3 Å². The molecule has 0 aliphatic carbocycles. The monoisotopic (exact) mass is 334 g/mol. The summed E-state index contributed by atoms with van der Waals surface area (Å²) >= 11 is 12.6. The molecule has 114 valence electrons. The molecular weight excluding hydrogens is 319 g/mol. The quantitative estimate of drug-likeness (QED) is 0.741. The van der Waals surface area contributed by atoms with Crippen LogP contribution in [0, 0.1) is 0 Å². The topological polar surface area (TPSA) is 38.1 Å². The predicted octanol–water partition coefficient (Wildman–Crippen LogP) is 4.83. The van der Waals surface area contributed by atoms with Crippen molar-refractivity contribution in [2.45, 2.75) is 26.0 Å². The molecule has 1 heterocycles. The van der Waals surface area contributed by atoms with Gasteiger partial charge in [-0.15, -0.1) is 0 Å². The van der Waals surface area contributed by atoms with Crippen molar-refractivity contribution >= 4 is 34.2 Å². The van der Waals surface area contributed by atoms with Gasteiger partial charge < -0.3 is 9.67 Å². The molecule has 0 spiro atoms. The standard InChI is InChI=1S/C17H16Cl2N2O/c1-2-16(22)17-20-14-8-3-4-9-15(14)21(17)10-11-12(18)6-5-7-13(11)19/h3-9,16,22H,2,10H2,1H3/t16-/m1/s1. The number of rotatable bonds is 4. The Hall–Kier alpha value is -1.55. The van der Waals surface area contributed by atoms with Gasteiger partial charge >= 0.3 is 0 Å². The van der Waals surface area contributed by atoms with Crippen LogP contribution in [-0.4, -0.2) is 14.7 Å². The first-order chi connectivity index (χ1) is 10.6. The van der Waals surface area contributed by atoms with Crippen LogP contribution in [0.1, 0.15) is 30.8 Å². The molecule has 2 aromatic carbocycles. The Labute approximate surface area is 139 Å². The smallest absolute Gasteiger partial charge is 0.139 e. The Balaban J connectivity index is 2.16.